The summed E-state index contributed by atoms with van der Waals surface area (Å²) in [7, 11) is 0. The Morgan fingerprint density at radius 2 is 2.13 bits per heavy atom. The van der Waals surface area contributed by atoms with Gasteiger partial charge in [-0.3, -0.25) is 4.79 Å². The Labute approximate surface area is 141 Å². The highest BCUT2D eigenvalue weighted by Gasteiger charge is 2.09. The Balaban J connectivity index is 2.16. The minimum atomic E-state index is -0.218. The number of rotatable bonds is 3. The maximum Gasteiger partial charge on any atom is 0.282 e. The van der Waals surface area contributed by atoms with Crippen LogP contribution in [0.4, 0.5) is 0 Å². The topological polar surface area (TPSA) is 67.5 Å². The molecule has 0 spiro atoms. The van der Waals surface area contributed by atoms with E-state index >= 15 is 0 Å². The zero-order valence-corrected chi connectivity index (χ0v) is 14.0. The lowest BCUT2D eigenvalue weighted by Crippen LogP contribution is -2.22. The quantitative estimate of drug-likeness (QED) is 0.718. The predicted molar refractivity (Wildman–Crippen MR) is 94.2 cm³/mol. The zero-order chi connectivity index (χ0) is 16.4. The van der Waals surface area contributed by atoms with Crippen LogP contribution >= 0.6 is 15.9 Å². The summed E-state index contributed by atoms with van der Waals surface area (Å²) in [5, 5.41) is 14.3. The number of phenolic OH excluding ortho intramolecular Hbond substituents is 1. The number of aromatic hydroxyl groups is 1. The van der Waals surface area contributed by atoms with E-state index in [-0.39, 0.29) is 11.3 Å². The monoisotopic (exact) mass is 371 g/mol. The number of hydrogen-bond acceptors (Lipinski definition) is 4. The van der Waals surface area contributed by atoms with Gasteiger partial charge < -0.3 is 5.11 Å². The standard InChI is InChI=1S/C17H14BrN3O2/c1-2-16-20-15-7-6-12(18)9-14(15)17(23)21(16)19-10-11-4-3-5-13(22)8-11/h3-10,22H,2H2,1H3. The number of nitrogens with zero attached hydrogens (tertiary/aromatic N) is 3. The summed E-state index contributed by atoms with van der Waals surface area (Å²) in [6.07, 6.45) is 2.12. The number of aryl methyl sites for hydroxylation is 1. The maximum absolute atomic E-state index is 12.7. The van der Waals surface area contributed by atoms with Crippen molar-refractivity contribution in [1.82, 2.24) is 9.66 Å². The van der Waals surface area contributed by atoms with Gasteiger partial charge in [0, 0.05) is 10.9 Å². The molecule has 3 rings (SSSR count). The number of hydrogen-bond donors (Lipinski definition) is 1. The lowest BCUT2D eigenvalue weighted by atomic mass is 10.2. The van der Waals surface area contributed by atoms with Crippen molar-refractivity contribution >= 4 is 33.0 Å². The smallest absolute Gasteiger partial charge is 0.282 e. The highest BCUT2D eigenvalue weighted by atomic mass is 79.9. The molecule has 2 aromatic carbocycles. The molecule has 0 saturated carbocycles. The van der Waals surface area contributed by atoms with E-state index in [4.69, 9.17) is 0 Å². The first kappa shape index (κ1) is 15.4. The lowest BCUT2D eigenvalue weighted by molar-refractivity contribution is 0.475. The van der Waals surface area contributed by atoms with E-state index in [1.807, 2.05) is 19.1 Å². The van der Waals surface area contributed by atoms with Crippen molar-refractivity contribution in [3.63, 3.8) is 0 Å². The number of halogens is 1. The first-order chi connectivity index (χ1) is 11.1. The SMILES string of the molecule is CCc1nc2ccc(Br)cc2c(=O)n1N=Cc1cccc(O)c1. The highest BCUT2D eigenvalue weighted by Crippen LogP contribution is 2.16. The van der Waals surface area contributed by atoms with Gasteiger partial charge in [-0.2, -0.15) is 9.78 Å². The molecule has 0 aliphatic rings. The number of phenols is 1. The van der Waals surface area contributed by atoms with Gasteiger partial charge in [0.25, 0.3) is 5.56 Å². The second-order valence-corrected chi connectivity index (χ2v) is 5.92. The fraction of sp³-hybridized carbons (Fsp3) is 0.118. The first-order valence-electron chi connectivity index (χ1n) is 7.13. The molecule has 0 aliphatic heterocycles. The summed E-state index contributed by atoms with van der Waals surface area (Å²) < 4.78 is 2.12. The van der Waals surface area contributed by atoms with Crippen LogP contribution in [0.25, 0.3) is 10.9 Å². The number of benzene rings is 2. The molecule has 0 unspecified atom stereocenters. The number of fused-ring (bicyclic) bond motifs is 1. The molecule has 0 radical (unpaired) electrons. The molecule has 1 heterocycles. The molecule has 6 heteroatoms. The van der Waals surface area contributed by atoms with Crippen LogP contribution in [0.3, 0.4) is 0 Å². The van der Waals surface area contributed by atoms with Gasteiger partial charge in [0.2, 0.25) is 0 Å². The minimum Gasteiger partial charge on any atom is -0.508 e. The minimum absolute atomic E-state index is 0.151. The Bertz CT molecular complexity index is 964. The van der Waals surface area contributed by atoms with Crippen LogP contribution in [-0.4, -0.2) is 21.0 Å². The summed E-state index contributed by atoms with van der Waals surface area (Å²) in [4.78, 5) is 17.2. The molecule has 0 saturated heterocycles. The largest absolute Gasteiger partial charge is 0.508 e. The Hall–Kier alpha value is -2.47. The van der Waals surface area contributed by atoms with Crippen molar-refractivity contribution in [3.05, 3.63) is 68.7 Å². The van der Waals surface area contributed by atoms with Gasteiger partial charge in [-0.25, -0.2) is 4.98 Å². The predicted octanol–water partition coefficient (Wildman–Crippen LogP) is 3.31. The van der Waals surface area contributed by atoms with Crippen molar-refractivity contribution in [2.75, 3.05) is 0 Å². The fourth-order valence-corrected chi connectivity index (χ4v) is 2.63. The van der Waals surface area contributed by atoms with Gasteiger partial charge in [-0.15, -0.1) is 0 Å². The van der Waals surface area contributed by atoms with Crippen molar-refractivity contribution in [2.45, 2.75) is 13.3 Å². The molecule has 1 aromatic heterocycles. The molecule has 3 aromatic rings. The second-order valence-electron chi connectivity index (χ2n) is 5.00. The molecule has 0 bridgehead atoms. The lowest BCUT2D eigenvalue weighted by Gasteiger charge is -2.07. The number of aromatic nitrogens is 2. The molecule has 0 aliphatic carbocycles. The third kappa shape index (κ3) is 3.17. The van der Waals surface area contributed by atoms with Crippen LogP contribution in [-0.2, 0) is 6.42 Å². The molecule has 5 nitrogen and oxygen atoms in total. The van der Waals surface area contributed by atoms with Crippen LogP contribution in [0.1, 0.15) is 18.3 Å². The summed E-state index contributed by atoms with van der Waals surface area (Å²) >= 11 is 3.37. The summed E-state index contributed by atoms with van der Waals surface area (Å²) in [5.74, 6) is 0.735. The van der Waals surface area contributed by atoms with Gasteiger partial charge in [-0.1, -0.05) is 35.0 Å². The van der Waals surface area contributed by atoms with E-state index in [2.05, 4.69) is 26.0 Å². The van der Waals surface area contributed by atoms with Crippen molar-refractivity contribution in [3.8, 4) is 5.75 Å². The first-order valence-corrected chi connectivity index (χ1v) is 7.92. The molecule has 116 valence electrons. The molecular formula is C17H14BrN3O2. The average molecular weight is 372 g/mol. The van der Waals surface area contributed by atoms with Crippen LogP contribution in [0, 0.1) is 0 Å². The summed E-state index contributed by atoms with van der Waals surface area (Å²) in [6.45, 7) is 1.92. The molecular weight excluding hydrogens is 358 g/mol. The van der Waals surface area contributed by atoms with E-state index < -0.39 is 0 Å². The average Bonchev–Trinajstić information content (AvgIpc) is 2.54. The third-order valence-electron chi connectivity index (χ3n) is 3.38. The third-order valence-corrected chi connectivity index (χ3v) is 3.88. The van der Waals surface area contributed by atoms with Gasteiger partial charge in [0.1, 0.15) is 11.6 Å². The summed E-state index contributed by atoms with van der Waals surface area (Å²) in [5.41, 5.74) is 1.14. The van der Waals surface area contributed by atoms with Gasteiger partial charge in [0.15, 0.2) is 0 Å². The Morgan fingerprint density at radius 1 is 1.30 bits per heavy atom. The molecule has 23 heavy (non-hydrogen) atoms. The van der Waals surface area contributed by atoms with Crippen molar-refractivity contribution < 1.29 is 5.11 Å². The van der Waals surface area contributed by atoms with Gasteiger partial charge in [-0.05, 0) is 35.9 Å². The van der Waals surface area contributed by atoms with Gasteiger partial charge in [0.05, 0.1) is 17.1 Å². The molecule has 0 fully saturated rings. The van der Waals surface area contributed by atoms with Gasteiger partial charge >= 0.3 is 0 Å². The van der Waals surface area contributed by atoms with Crippen LogP contribution in [0.5, 0.6) is 5.75 Å². The maximum atomic E-state index is 12.7. The van der Waals surface area contributed by atoms with E-state index in [1.165, 1.54) is 10.9 Å². The Kier molecular flexibility index (Phi) is 4.25. The van der Waals surface area contributed by atoms with Crippen LogP contribution in [0.15, 0.2) is 56.8 Å². The normalized spacial score (nSPS) is 11.4. The molecule has 0 atom stereocenters. The highest BCUT2D eigenvalue weighted by molar-refractivity contribution is 9.10. The van der Waals surface area contributed by atoms with E-state index in [0.717, 1.165) is 4.47 Å². The Morgan fingerprint density at radius 3 is 2.87 bits per heavy atom. The fourth-order valence-electron chi connectivity index (χ4n) is 2.27. The van der Waals surface area contributed by atoms with E-state index in [9.17, 15) is 9.90 Å². The van der Waals surface area contributed by atoms with Crippen LogP contribution < -0.4 is 5.56 Å². The summed E-state index contributed by atoms with van der Waals surface area (Å²) in [6, 6.07) is 12.1. The van der Waals surface area contributed by atoms with Crippen molar-refractivity contribution in [2.24, 2.45) is 5.10 Å². The second kappa shape index (κ2) is 6.34. The van der Waals surface area contributed by atoms with Crippen molar-refractivity contribution in [1.29, 1.82) is 0 Å². The van der Waals surface area contributed by atoms with Crippen LogP contribution in [0.2, 0.25) is 0 Å². The zero-order valence-electron chi connectivity index (χ0n) is 12.4. The van der Waals surface area contributed by atoms with E-state index in [0.29, 0.717) is 28.7 Å². The molecule has 0 amide bonds. The van der Waals surface area contributed by atoms with E-state index in [1.54, 1.807) is 30.3 Å². The molecule has 1 N–H and O–H groups in total.